The molecule has 0 fully saturated rings. The fourth-order valence-corrected chi connectivity index (χ4v) is 1.69. The molecule has 6 heteroatoms. The lowest BCUT2D eigenvalue weighted by molar-refractivity contribution is 0.0600. The Kier molecular flexibility index (Phi) is 4.57. The first-order valence-electron chi connectivity index (χ1n) is 6.69. The SMILES string of the molecule is COC(=O)c1ccc(O[C@@H](C)c2nc(C(C)C)no2)cc1. The maximum Gasteiger partial charge on any atom is 0.337 e. The summed E-state index contributed by atoms with van der Waals surface area (Å²) in [4.78, 5) is 15.6. The average Bonchev–Trinajstić information content (AvgIpc) is 2.97. The van der Waals surface area contributed by atoms with Gasteiger partial charge < -0.3 is 14.0 Å². The maximum atomic E-state index is 11.3. The topological polar surface area (TPSA) is 74.5 Å². The zero-order valence-electron chi connectivity index (χ0n) is 12.5. The summed E-state index contributed by atoms with van der Waals surface area (Å²) in [7, 11) is 1.34. The van der Waals surface area contributed by atoms with Crippen molar-refractivity contribution in [3.8, 4) is 5.75 Å². The summed E-state index contributed by atoms with van der Waals surface area (Å²) in [6.45, 7) is 5.81. The van der Waals surface area contributed by atoms with Crippen molar-refractivity contribution in [2.24, 2.45) is 0 Å². The van der Waals surface area contributed by atoms with Crippen LogP contribution in [0.1, 0.15) is 54.9 Å². The summed E-state index contributed by atoms with van der Waals surface area (Å²) in [6.07, 6.45) is -0.367. The first kappa shape index (κ1) is 15.0. The fraction of sp³-hybridized carbons (Fsp3) is 0.400. The second-order valence-corrected chi connectivity index (χ2v) is 4.92. The molecule has 6 nitrogen and oxygen atoms in total. The lowest BCUT2D eigenvalue weighted by Gasteiger charge is -2.10. The van der Waals surface area contributed by atoms with Gasteiger partial charge >= 0.3 is 5.97 Å². The number of esters is 1. The Labute approximate surface area is 123 Å². The Morgan fingerprint density at radius 2 is 1.86 bits per heavy atom. The van der Waals surface area contributed by atoms with E-state index in [4.69, 9.17) is 9.26 Å². The molecule has 0 amide bonds. The number of hydrogen-bond donors (Lipinski definition) is 0. The highest BCUT2D eigenvalue weighted by Gasteiger charge is 2.17. The van der Waals surface area contributed by atoms with Crippen molar-refractivity contribution < 1.29 is 18.8 Å². The minimum Gasteiger partial charge on any atom is -0.481 e. The van der Waals surface area contributed by atoms with Crippen LogP contribution >= 0.6 is 0 Å². The molecule has 0 spiro atoms. The van der Waals surface area contributed by atoms with E-state index in [0.717, 1.165) is 0 Å². The summed E-state index contributed by atoms with van der Waals surface area (Å²) >= 11 is 0. The van der Waals surface area contributed by atoms with Crippen molar-refractivity contribution in [2.75, 3.05) is 7.11 Å². The van der Waals surface area contributed by atoms with Crippen LogP contribution in [0.15, 0.2) is 28.8 Å². The smallest absolute Gasteiger partial charge is 0.337 e. The van der Waals surface area contributed by atoms with Crippen LogP contribution in [-0.4, -0.2) is 23.2 Å². The molecule has 0 aliphatic carbocycles. The molecule has 1 atom stereocenters. The zero-order valence-corrected chi connectivity index (χ0v) is 12.5. The monoisotopic (exact) mass is 290 g/mol. The first-order valence-corrected chi connectivity index (χ1v) is 6.69. The Bertz CT molecular complexity index is 604. The van der Waals surface area contributed by atoms with Crippen LogP contribution in [0.2, 0.25) is 0 Å². The predicted molar refractivity (Wildman–Crippen MR) is 75.2 cm³/mol. The Morgan fingerprint density at radius 1 is 1.19 bits per heavy atom. The summed E-state index contributed by atoms with van der Waals surface area (Å²) in [5.41, 5.74) is 0.470. The van der Waals surface area contributed by atoms with Crippen LogP contribution in [0.5, 0.6) is 5.75 Å². The highest BCUT2D eigenvalue weighted by atomic mass is 16.5. The van der Waals surface area contributed by atoms with Gasteiger partial charge in [-0.3, -0.25) is 0 Å². The van der Waals surface area contributed by atoms with Crippen molar-refractivity contribution in [3.05, 3.63) is 41.5 Å². The first-order chi connectivity index (χ1) is 10.0. The van der Waals surface area contributed by atoms with Crippen molar-refractivity contribution in [3.63, 3.8) is 0 Å². The largest absolute Gasteiger partial charge is 0.481 e. The number of ether oxygens (including phenoxy) is 2. The highest BCUT2D eigenvalue weighted by molar-refractivity contribution is 5.89. The van der Waals surface area contributed by atoms with Gasteiger partial charge in [-0.2, -0.15) is 4.98 Å². The molecule has 0 saturated heterocycles. The summed E-state index contributed by atoms with van der Waals surface area (Å²) in [5.74, 6) is 1.51. The third-order valence-corrected chi connectivity index (χ3v) is 2.91. The quantitative estimate of drug-likeness (QED) is 0.788. The molecule has 2 aromatic rings. The molecule has 0 aliphatic heterocycles. The van der Waals surface area contributed by atoms with Gasteiger partial charge in [0.2, 0.25) is 0 Å². The molecule has 0 radical (unpaired) electrons. The molecule has 0 saturated carbocycles. The van der Waals surface area contributed by atoms with Gasteiger partial charge in [0.1, 0.15) is 5.75 Å². The van der Waals surface area contributed by atoms with E-state index < -0.39 is 0 Å². The van der Waals surface area contributed by atoms with Gasteiger partial charge in [-0.15, -0.1) is 0 Å². The molecule has 21 heavy (non-hydrogen) atoms. The van der Waals surface area contributed by atoms with Gasteiger partial charge in [0.05, 0.1) is 12.7 Å². The fourth-order valence-electron chi connectivity index (χ4n) is 1.69. The normalized spacial score (nSPS) is 12.2. The van der Waals surface area contributed by atoms with Crippen molar-refractivity contribution >= 4 is 5.97 Å². The molecule has 1 aromatic carbocycles. The van der Waals surface area contributed by atoms with Gasteiger partial charge in [-0.25, -0.2) is 4.79 Å². The maximum absolute atomic E-state index is 11.3. The van der Waals surface area contributed by atoms with E-state index in [0.29, 0.717) is 23.0 Å². The van der Waals surface area contributed by atoms with E-state index in [-0.39, 0.29) is 18.0 Å². The number of carbonyl (C=O) groups excluding carboxylic acids is 1. The third kappa shape index (κ3) is 3.59. The minimum absolute atomic E-state index is 0.203. The number of hydrogen-bond acceptors (Lipinski definition) is 6. The summed E-state index contributed by atoms with van der Waals surface area (Å²) in [5, 5.41) is 3.90. The Hall–Kier alpha value is -2.37. The summed E-state index contributed by atoms with van der Waals surface area (Å²) < 4.78 is 15.5. The number of carbonyl (C=O) groups is 1. The van der Waals surface area contributed by atoms with Crippen molar-refractivity contribution in [1.82, 2.24) is 10.1 Å². The molecule has 1 heterocycles. The number of methoxy groups -OCH3 is 1. The third-order valence-electron chi connectivity index (χ3n) is 2.91. The standard InChI is InChI=1S/C15H18N2O4/c1-9(2)13-16-14(21-17-13)10(3)20-12-7-5-11(6-8-12)15(18)19-4/h5-10H,1-4H3/t10-/m0/s1. The number of aromatic nitrogens is 2. The minimum atomic E-state index is -0.381. The lowest BCUT2D eigenvalue weighted by atomic mass is 10.2. The van der Waals surface area contributed by atoms with Crippen LogP contribution in [0.4, 0.5) is 0 Å². The van der Waals surface area contributed by atoms with E-state index in [1.54, 1.807) is 24.3 Å². The van der Waals surface area contributed by atoms with Gasteiger partial charge in [0.15, 0.2) is 11.9 Å². The van der Waals surface area contributed by atoms with Gasteiger partial charge in [0.25, 0.3) is 5.89 Å². The van der Waals surface area contributed by atoms with Crippen molar-refractivity contribution in [1.29, 1.82) is 0 Å². The second-order valence-electron chi connectivity index (χ2n) is 4.92. The molecule has 2 rings (SSSR count). The Balaban J connectivity index is 2.04. The van der Waals surface area contributed by atoms with E-state index in [1.807, 2.05) is 20.8 Å². The van der Waals surface area contributed by atoms with E-state index in [1.165, 1.54) is 7.11 Å². The highest BCUT2D eigenvalue weighted by Crippen LogP contribution is 2.22. The number of nitrogens with zero attached hydrogens (tertiary/aromatic N) is 2. The lowest BCUT2D eigenvalue weighted by Crippen LogP contribution is -2.05. The van der Waals surface area contributed by atoms with Crippen LogP contribution in [-0.2, 0) is 4.74 Å². The van der Waals surface area contributed by atoms with Crippen LogP contribution in [0, 0.1) is 0 Å². The molecular formula is C15H18N2O4. The molecule has 0 aliphatic rings. The summed E-state index contributed by atoms with van der Waals surface area (Å²) in [6, 6.07) is 6.67. The van der Waals surface area contributed by atoms with E-state index in [2.05, 4.69) is 14.9 Å². The van der Waals surface area contributed by atoms with Crippen LogP contribution < -0.4 is 4.74 Å². The zero-order chi connectivity index (χ0) is 15.4. The van der Waals surface area contributed by atoms with Crippen LogP contribution in [0.3, 0.4) is 0 Å². The predicted octanol–water partition coefficient (Wildman–Crippen LogP) is 3.12. The van der Waals surface area contributed by atoms with Gasteiger partial charge in [-0.1, -0.05) is 19.0 Å². The second kappa shape index (κ2) is 6.39. The molecule has 112 valence electrons. The number of rotatable bonds is 5. The van der Waals surface area contributed by atoms with E-state index >= 15 is 0 Å². The van der Waals surface area contributed by atoms with Gasteiger partial charge in [0, 0.05) is 5.92 Å². The molecule has 0 unspecified atom stereocenters. The molecule has 0 bridgehead atoms. The average molecular weight is 290 g/mol. The Morgan fingerprint density at radius 3 is 2.38 bits per heavy atom. The van der Waals surface area contributed by atoms with Gasteiger partial charge in [-0.05, 0) is 31.2 Å². The number of benzene rings is 1. The van der Waals surface area contributed by atoms with Crippen molar-refractivity contribution in [2.45, 2.75) is 32.8 Å². The molecule has 1 aromatic heterocycles. The molecular weight excluding hydrogens is 272 g/mol. The van der Waals surface area contributed by atoms with Crippen LogP contribution in [0.25, 0.3) is 0 Å². The van der Waals surface area contributed by atoms with E-state index in [9.17, 15) is 4.79 Å². The molecule has 0 N–H and O–H groups in total.